The Morgan fingerprint density at radius 3 is 2.90 bits per heavy atom. The molecule has 4 nitrogen and oxygen atoms in total. The maximum atomic E-state index is 13.6. The van der Waals surface area contributed by atoms with Crippen molar-refractivity contribution in [2.75, 3.05) is 0 Å². The Kier molecular flexibility index (Phi) is 3.83. The zero-order valence-corrected chi connectivity index (χ0v) is 11.7. The molecule has 0 aliphatic rings. The topological polar surface area (TPSA) is 53.9 Å². The number of halogens is 1. The van der Waals surface area contributed by atoms with Gasteiger partial charge in [-0.1, -0.05) is 12.1 Å². The Balaban J connectivity index is 1.67. The Morgan fingerprint density at radius 1 is 1.19 bits per heavy atom. The van der Waals surface area contributed by atoms with E-state index >= 15 is 0 Å². The number of benzene rings is 1. The highest BCUT2D eigenvalue weighted by Crippen LogP contribution is 2.26. The molecule has 2 heterocycles. The molecule has 0 unspecified atom stereocenters. The van der Waals surface area contributed by atoms with Gasteiger partial charge in [0.2, 0.25) is 0 Å². The van der Waals surface area contributed by atoms with Crippen molar-refractivity contribution in [3.63, 3.8) is 0 Å². The minimum absolute atomic E-state index is 0.220. The SMILES string of the molecule is Cc1c(F)cccc1-c1ccc(CNCc2ccn[nH]2)o1. The smallest absolute Gasteiger partial charge is 0.134 e. The lowest BCUT2D eigenvalue weighted by atomic mass is 10.1. The molecule has 21 heavy (non-hydrogen) atoms. The molecule has 2 aromatic heterocycles. The van der Waals surface area contributed by atoms with Gasteiger partial charge in [0.05, 0.1) is 6.54 Å². The largest absolute Gasteiger partial charge is 0.460 e. The van der Waals surface area contributed by atoms with E-state index < -0.39 is 0 Å². The first-order chi connectivity index (χ1) is 10.2. The van der Waals surface area contributed by atoms with E-state index in [0.717, 1.165) is 17.0 Å². The summed E-state index contributed by atoms with van der Waals surface area (Å²) in [4.78, 5) is 0. The Labute approximate surface area is 122 Å². The van der Waals surface area contributed by atoms with Crippen LogP contribution in [0.4, 0.5) is 4.39 Å². The van der Waals surface area contributed by atoms with E-state index in [1.807, 2.05) is 24.3 Å². The number of rotatable bonds is 5. The third-order valence-corrected chi connectivity index (χ3v) is 3.37. The van der Waals surface area contributed by atoms with E-state index in [9.17, 15) is 4.39 Å². The molecule has 1 aromatic carbocycles. The van der Waals surface area contributed by atoms with Gasteiger partial charge >= 0.3 is 0 Å². The second-order valence-corrected chi connectivity index (χ2v) is 4.86. The summed E-state index contributed by atoms with van der Waals surface area (Å²) < 4.78 is 19.3. The number of aromatic nitrogens is 2. The van der Waals surface area contributed by atoms with Gasteiger partial charge in [-0.2, -0.15) is 5.10 Å². The quantitative estimate of drug-likeness (QED) is 0.755. The number of nitrogens with one attached hydrogen (secondary N) is 2. The number of furan rings is 1. The number of nitrogens with zero attached hydrogens (tertiary/aromatic N) is 1. The van der Waals surface area contributed by atoms with E-state index in [2.05, 4.69) is 15.5 Å². The van der Waals surface area contributed by atoms with Crippen LogP contribution in [-0.4, -0.2) is 10.2 Å². The third-order valence-electron chi connectivity index (χ3n) is 3.37. The minimum Gasteiger partial charge on any atom is -0.460 e. The fourth-order valence-electron chi connectivity index (χ4n) is 2.20. The van der Waals surface area contributed by atoms with E-state index in [1.54, 1.807) is 19.2 Å². The normalized spacial score (nSPS) is 11.0. The Hall–Kier alpha value is -2.40. The summed E-state index contributed by atoms with van der Waals surface area (Å²) in [5.41, 5.74) is 2.40. The lowest BCUT2D eigenvalue weighted by Crippen LogP contribution is -2.12. The fraction of sp³-hybridized carbons (Fsp3) is 0.188. The molecule has 3 rings (SSSR count). The van der Waals surface area contributed by atoms with Crippen molar-refractivity contribution in [1.82, 2.24) is 15.5 Å². The van der Waals surface area contributed by atoms with Crippen molar-refractivity contribution < 1.29 is 8.81 Å². The van der Waals surface area contributed by atoms with Gasteiger partial charge in [-0.25, -0.2) is 4.39 Å². The highest BCUT2D eigenvalue weighted by atomic mass is 19.1. The predicted molar refractivity (Wildman–Crippen MR) is 78.0 cm³/mol. The molecular formula is C16H16FN3O. The standard InChI is InChI=1S/C16H16FN3O/c1-11-14(3-2-4-15(11)17)16-6-5-13(21-16)10-18-9-12-7-8-19-20-12/h2-8,18H,9-10H2,1H3,(H,19,20). The van der Waals surface area contributed by atoms with Crippen molar-refractivity contribution in [1.29, 1.82) is 0 Å². The summed E-state index contributed by atoms with van der Waals surface area (Å²) in [5.74, 6) is 1.28. The van der Waals surface area contributed by atoms with Crippen molar-refractivity contribution in [2.24, 2.45) is 0 Å². The number of hydrogen-bond donors (Lipinski definition) is 2. The summed E-state index contributed by atoms with van der Waals surface area (Å²) in [6, 6.07) is 10.7. The van der Waals surface area contributed by atoms with Gasteiger partial charge in [-0.3, -0.25) is 5.10 Å². The van der Waals surface area contributed by atoms with Gasteiger partial charge in [0, 0.05) is 24.0 Å². The fourth-order valence-corrected chi connectivity index (χ4v) is 2.20. The van der Waals surface area contributed by atoms with Crippen LogP contribution in [0.25, 0.3) is 11.3 Å². The van der Waals surface area contributed by atoms with Crippen molar-refractivity contribution >= 4 is 0 Å². The first-order valence-electron chi connectivity index (χ1n) is 6.77. The molecule has 0 aliphatic heterocycles. The number of aromatic amines is 1. The van der Waals surface area contributed by atoms with Gasteiger partial charge in [0.25, 0.3) is 0 Å². The molecular weight excluding hydrogens is 269 g/mol. The van der Waals surface area contributed by atoms with Crippen LogP contribution < -0.4 is 5.32 Å². The second-order valence-electron chi connectivity index (χ2n) is 4.86. The molecule has 5 heteroatoms. The molecule has 0 atom stereocenters. The average molecular weight is 285 g/mol. The summed E-state index contributed by atoms with van der Waals surface area (Å²) in [5, 5.41) is 10.0. The van der Waals surface area contributed by atoms with E-state index in [-0.39, 0.29) is 5.82 Å². The van der Waals surface area contributed by atoms with Gasteiger partial charge < -0.3 is 9.73 Å². The molecule has 108 valence electrons. The van der Waals surface area contributed by atoms with E-state index in [4.69, 9.17) is 4.42 Å². The Morgan fingerprint density at radius 2 is 2.10 bits per heavy atom. The van der Waals surface area contributed by atoms with Crippen LogP contribution >= 0.6 is 0 Å². The van der Waals surface area contributed by atoms with Crippen LogP contribution in [0.5, 0.6) is 0 Å². The third kappa shape index (κ3) is 3.03. The van der Waals surface area contributed by atoms with Gasteiger partial charge in [0.15, 0.2) is 0 Å². The zero-order chi connectivity index (χ0) is 14.7. The summed E-state index contributed by atoms with van der Waals surface area (Å²) in [6.07, 6.45) is 1.72. The van der Waals surface area contributed by atoms with Gasteiger partial charge in [-0.15, -0.1) is 0 Å². The molecule has 0 fully saturated rings. The van der Waals surface area contributed by atoms with E-state index in [0.29, 0.717) is 24.4 Å². The highest BCUT2D eigenvalue weighted by Gasteiger charge is 2.10. The predicted octanol–water partition coefficient (Wildman–Crippen LogP) is 3.41. The van der Waals surface area contributed by atoms with Crippen LogP contribution in [0.3, 0.4) is 0 Å². The molecule has 2 N–H and O–H groups in total. The second kappa shape index (κ2) is 5.93. The molecule has 0 saturated heterocycles. The van der Waals surface area contributed by atoms with Crippen LogP contribution in [0.2, 0.25) is 0 Å². The van der Waals surface area contributed by atoms with E-state index in [1.165, 1.54) is 6.07 Å². The minimum atomic E-state index is -0.220. The Bertz CT molecular complexity index is 719. The summed E-state index contributed by atoms with van der Waals surface area (Å²) in [7, 11) is 0. The maximum absolute atomic E-state index is 13.6. The molecule has 0 amide bonds. The lowest BCUT2D eigenvalue weighted by Gasteiger charge is -2.04. The van der Waals surface area contributed by atoms with Crippen LogP contribution in [0.15, 0.2) is 47.0 Å². The van der Waals surface area contributed by atoms with Crippen LogP contribution in [-0.2, 0) is 13.1 Å². The molecule has 0 spiro atoms. The zero-order valence-electron chi connectivity index (χ0n) is 11.7. The highest BCUT2D eigenvalue weighted by molar-refractivity contribution is 5.62. The number of H-pyrrole nitrogens is 1. The lowest BCUT2D eigenvalue weighted by molar-refractivity contribution is 0.491. The molecule has 0 aliphatic carbocycles. The van der Waals surface area contributed by atoms with Crippen molar-refractivity contribution in [3.05, 3.63) is 65.4 Å². The van der Waals surface area contributed by atoms with Crippen molar-refractivity contribution in [3.8, 4) is 11.3 Å². The maximum Gasteiger partial charge on any atom is 0.134 e. The average Bonchev–Trinajstić information content (AvgIpc) is 3.14. The first kappa shape index (κ1) is 13.6. The number of hydrogen-bond acceptors (Lipinski definition) is 3. The molecule has 0 bridgehead atoms. The molecule has 0 saturated carbocycles. The first-order valence-corrected chi connectivity index (χ1v) is 6.77. The summed E-state index contributed by atoms with van der Waals surface area (Å²) in [6.45, 7) is 3.05. The molecule has 0 radical (unpaired) electrons. The monoisotopic (exact) mass is 285 g/mol. The van der Waals surface area contributed by atoms with Gasteiger partial charge in [-0.05, 0) is 36.8 Å². The van der Waals surface area contributed by atoms with Crippen LogP contribution in [0, 0.1) is 12.7 Å². The van der Waals surface area contributed by atoms with Crippen molar-refractivity contribution in [2.45, 2.75) is 20.0 Å². The van der Waals surface area contributed by atoms with Gasteiger partial charge in [0.1, 0.15) is 17.3 Å². The molecule has 3 aromatic rings. The van der Waals surface area contributed by atoms with Crippen LogP contribution in [0.1, 0.15) is 17.0 Å². The summed E-state index contributed by atoms with van der Waals surface area (Å²) >= 11 is 0.